The van der Waals surface area contributed by atoms with E-state index in [2.05, 4.69) is 15.7 Å². The standard InChI is InChI=1S/C19H25N5O3/c25-19(21-12-11-20-15-6-3-1-2-4-7-15)18-10-13-23(22-18)16-8-5-9-17(14-16)24(26)27/h5,8-10,13-15,20H,1-4,6-7,11-12H2,(H,21,25). The quantitative estimate of drug-likeness (QED) is 0.337. The van der Waals surface area contributed by atoms with Crippen molar-refractivity contribution in [3.63, 3.8) is 0 Å². The van der Waals surface area contributed by atoms with Crippen LogP contribution in [0.5, 0.6) is 0 Å². The van der Waals surface area contributed by atoms with Crippen LogP contribution in [0.1, 0.15) is 49.0 Å². The molecule has 144 valence electrons. The number of hydrogen-bond donors (Lipinski definition) is 2. The lowest BCUT2D eigenvalue weighted by Crippen LogP contribution is -2.37. The molecule has 0 aliphatic heterocycles. The molecule has 2 N–H and O–H groups in total. The molecule has 0 atom stereocenters. The Morgan fingerprint density at radius 3 is 2.70 bits per heavy atom. The molecule has 0 radical (unpaired) electrons. The zero-order valence-corrected chi connectivity index (χ0v) is 15.3. The average Bonchev–Trinajstić information content (AvgIpc) is 3.03. The van der Waals surface area contributed by atoms with Crippen LogP contribution in [-0.4, -0.2) is 39.7 Å². The van der Waals surface area contributed by atoms with E-state index in [1.165, 1.54) is 55.3 Å². The molecule has 1 amide bonds. The van der Waals surface area contributed by atoms with E-state index in [9.17, 15) is 14.9 Å². The second kappa shape index (κ2) is 9.27. The maximum Gasteiger partial charge on any atom is 0.271 e. The van der Waals surface area contributed by atoms with Crippen LogP contribution in [0.25, 0.3) is 5.69 Å². The summed E-state index contributed by atoms with van der Waals surface area (Å²) >= 11 is 0. The second-order valence-corrected chi connectivity index (χ2v) is 6.82. The first kappa shape index (κ1) is 19.0. The van der Waals surface area contributed by atoms with Crippen LogP contribution in [0.2, 0.25) is 0 Å². The van der Waals surface area contributed by atoms with Crippen LogP contribution >= 0.6 is 0 Å². The fraction of sp³-hybridized carbons (Fsp3) is 0.474. The van der Waals surface area contributed by atoms with E-state index >= 15 is 0 Å². The molecule has 27 heavy (non-hydrogen) atoms. The minimum Gasteiger partial charge on any atom is -0.349 e. The van der Waals surface area contributed by atoms with Gasteiger partial charge in [-0.1, -0.05) is 31.7 Å². The summed E-state index contributed by atoms with van der Waals surface area (Å²) in [5.74, 6) is -0.248. The van der Waals surface area contributed by atoms with Crippen LogP contribution in [0.15, 0.2) is 36.5 Å². The summed E-state index contributed by atoms with van der Waals surface area (Å²) in [5.41, 5.74) is 0.813. The number of nitrogens with one attached hydrogen (secondary N) is 2. The number of benzene rings is 1. The zero-order valence-electron chi connectivity index (χ0n) is 15.3. The number of nitrogens with zero attached hydrogens (tertiary/aromatic N) is 3. The van der Waals surface area contributed by atoms with Crippen molar-refractivity contribution in [2.75, 3.05) is 13.1 Å². The van der Waals surface area contributed by atoms with Gasteiger partial charge in [-0.25, -0.2) is 4.68 Å². The number of amides is 1. The first-order valence-corrected chi connectivity index (χ1v) is 9.45. The summed E-state index contributed by atoms with van der Waals surface area (Å²) in [6.07, 6.45) is 9.24. The molecule has 3 rings (SSSR count). The van der Waals surface area contributed by atoms with Gasteiger partial charge in [-0.15, -0.1) is 0 Å². The molecule has 1 aliphatic rings. The van der Waals surface area contributed by atoms with Crippen molar-refractivity contribution >= 4 is 11.6 Å². The van der Waals surface area contributed by atoms with Crippen molar-refractivity contribution in [3.05, 3.63) is 52.3 Å². The van der Waals surface area contributed by atoms with Gasteiger partial charge in [0.05, 0.1) is 10.6 Å². The molecule has 2 aromatic rings. The van der Waals surface area contributed by atoms with Gasteiger partial charge >= 0.3 is 0 Å². The predicted molar refractivity (Wildman–Crippen MR) is 102 cm³/mol. The normalized spacial score (nSPS) is 15.3. The Morgan fingerprint density at radius 1 is 1.19 bits per heavy atom. The molecular formula is C19H25N5O3. The van der Waals surface area contributed by atoms with Crippen molar-refractivity contribution in [1.82, 2.24) is 20.4 Å². The number of carbonyl (C=O) groups is 1. The lowest BCUT2D eigenvalue weighted by molar-refractivity contribution is -0.384. The molecular weight excluding hydrogens is 346 g/mol. The van der Waals surface area contributed by atoms with Gasteiger partial charge in [-0.2, -0.15) is 5.10 Å². The highest BCUT2D eigenvalue weighted by molar-refractivity contribution is 5.92. The lowest BCUT2D eigenvalue weighted by atomic mass is 10.1. The van der Waals surface area contributed by atoms with Crippen molar-refractivity contribution in [2.24, 2.45) is 0 Å². The van der Waals surface area contributed by atoms with Crippen molar-refractivity contribution < 1.29 is 9.72 Å². The van der Waals surface area contributed by atoms with Gasteiger partial charge in [-0.05, 0) is 25.0 Å². The van der Waals surface area contributed by atoms with Gasteiger partial charge in [0.1, 0.15) is 0 Å². The van der Waals surface area contributed by atoms with Crippen LogP contribution in [0, 0.1) is 10.1 Å². The predicted octanol–water partition coefficient (Wildman–Crippen LogP) is 2.82. The Labute approximate surface area is 158 Å². The Kier molecular flexibility index (Phi) is 6.54. The van der Waals surface area contributed by atoms with Crippen LogP contribution in [0.4, 0.5) is 5.69 Å². The Hall–Kier alpha value is -2.74. The lowest BCUT2D eigenvalue weighted by Gasteiger charge is -2.16. The molecule has 1 saturated carbocycles. The number of carbonyl (C=O) groups excluding carboxylic acids is 1. The Balaban J connectivity index is 1.49. The topological polar surface area (TPSA) is 102 Å². The van der Waals surface area contributed by atoms with Crippen molar-refractivity contribution in [1.29, 1.82) is 0 Å². The minimum absolute atomic E-state index is 0.0152. The maximum atomic E-state index is 12.2. The molecule has 8 heteroatoms. The monoisotopic (exact) mass is 371 g/mol. The summed E-state index contributed by atoms with van der Waals surface area (Å²) in [4.78, 5) is 22.7. The van der Waals surface area contributed by atoms with Crippen LogP contribution < -0.4 is 10.6 Å². The highest BCUT2D eigenvalue weighted by Gasteiger charge is 2.13. The second-order valence-electron chi connectivity index (χ2n) is 6.82. The highest BCUT2D eigenvalue weighted by Crippen LogP contribution is 2.17. The molecule has 0 spiro atoms. The van der Waals surface area contributed by atoms with Crippen LogP contribution in [0.3, 0.4) is 0 Å². The molecule has 1 heterocycles. The molecule has 1 fully saturated rings. The van der Waals surface area contributed by atoms with E-state index in [1.807, 2.05) is 0 Å². The molecule has 8 nitrogen and oxygen atoms in total. The number of rotatable bonds is 7. The van der Waals surface area contributed by atoms with Gasteiger partial charge in [0, 0.05) is 37.5 Å². The average molecular weight is 371 g/mol. The van der Waals surface area contributed by atoms with E-state index in [0.29, 0.717) is 18.3 Å². The van der Waals surface area contributed by atoms with E-state index in [-0.39, 0.29) is 17.3 Å². The van der Waals surface area contributed by atoms with E-state index < -0.39 is 4.92 Å². The third-order valence-corrected chi connectivity index (χ3v) is 4.83. The smallest absolute Gasteiger partial charge is 0.271 e. The molecule has 0 saturated heterocycles. The highest BCUT2D eigenvalue weighted by atomic mass is 16.6. The first-order chi connectivity index (χ1) is 13.1. The van der Waals surface area contributed by atoms with E-state index in [4.69, 9.17) is 0 Å². The molecule has 1 aromatic carbocycles. The molecule has 1 aromatic heterocycles. The van der Waals surface area contributed by atoms with Gasteiger partial charge < -0.3 is 10.6 Å². The fourth-order valence-corrected chi connectivity index (χ4v) is 3.36. The maximum absolute atomic E-state index is 12.2. The third-order valence-electron chi connectivity index (χ3n) is 4.83. The van der Waals surface area contributed by atoms with Crippen molar-refractivity contribution in [3.8, 4) is 5.69 Å². The number of nitro groups is 1. The largest absolute Gasteiger partial charge is 0.349 e. The summed E-state index contributed by atoms with van der Waals surface area (Å²) in [7, 11) is 0. The fourth-order valence-electron chi connectivity index (χ4n) is 3.36. The Bertz CT molecular complexity index is 781. The van der Waals surface area contributed by atoms with Crippen molar-refractivity contribution in [2.45, 2.75) is 44.6 Å². The molecule has 0 unspecified atom stereocenters. The van der Waals surface area contributed by atoms with Gasteiger partial charge in [-0.3, -0.25) is 14.9 Å². The number of non-ortho nitro benzene ring substituents is 1. The molecule has 1 aliphatic carbocycles. The van der Waals surface area contributed by atoms with Crippen LogP contribution in [-0.2, 0) is 0 Å². The number of nitro benzene ring substituents is 1. The summed E-state index contributed by atoms with van der Waals surface area (Å²) in [6.45, 7) is 1.28. The van der Waals surface area contributed by atoms with E-state index in [0.717, 1.165) is 6.54 Å². The first-order valence-electron chi connectivity index (χ1n) is 9.45. The third kappa shape index (κ3) is 5.37. The summed E-state index contributed by atoms with van der Waals surface area (Å²) < 4.78 is 1.46. The van der Waals surface area contributed by atoms with E-state index in [1.54, 1.807) is 24.4 Å². The summed E-state index contributed by atoms with van der Waals surface area (Å²) in [5, 5.41) is 21.5. The Morgan fingerprint density at radius 2 is 1.96 bits per heavy atom. The van der Waals surface area contributed by atoms with Gasteiger partial charge in [0.15, 0.2) is 5.69 Å². The van der Waals surface area contributed by atoms with Gasteiger partial charge in [0.2, 0.25) is 0 Å². The number of hydrogen-bond acceptors (Lipinski definition) is 5. The zero-order chi connectivity index (χ0) is 19.1. The molecule has 0 bridgehead atoms. The summed E-state index contributed by atoms with van der Waals surface area (Å²) in [6, 6.07) is 8.30. The number of aromatic nitrogens is 2. The minimum atomic E-state index is -0.456. The SMILES string of the molecule is O=C(NCCNC1CCCCCC1)c1ccn(-c2cccc([N+](=O)[O-])c2)n1. The van der Waals surface area contributed by atoms with Gasteiger partial charge in [0.25, 0.3) is 11.6 Å².